The molecule has 29 heavy (non-hydrogen) atoms. The Bertz CT molecular complexity index is 1170. The second kappa shape index (κ2) is 7.12. The number of nitrogens with zero attached hydrogens (tertiary/aromatic N) is 5. The zero-order valence-corrected chi connectivity index (χ0v) is 15.9. The van der Waals surface area contributed by atoms with E-state index in [1.54, 1.807) is 11.0 Å². The molecule has 4 aromatic rings. The molecule has 4 heterocycles. The van der Waals surface area contributed by atoms with Crippen molar-refractivity contribution >= 4 is 17.0 Å². The Balaban J connectivity index is 1.46. The van der Waals surface area contributed by atoms with Gasteiger partial charge in [0.15, 0.2) is 0 Å². The van der Waals surface area contributed by atoms with Crippen LogP contribution in [0.4, 0.5) is 0 Å². The van der Waals surface area contributed by atoms with Crippen LogP contribution in [0, 0.1) is 6.92 Å². The van der Waals surface area contributed by atoms with E-state index in [1.165, 1.54) is 6.20 Å². The Labute approximate surface area is 166 Å². The van der Waals surface area contributed by atoms with E-state index in [4.69, 9.17) is 9.05 Å². The first-order valence-electron chi connectivity index (χ1n) is 9.63. The van der Waals surface area contributed by atoms with Crippen LogP contribution < -0.4 is 0 Å². The van der Waals surface area contributed by atoms with Gasteiger partial charge in [-0.3, -0.25) is 4.79 Å². The van der Waals surface area contributed by atoms with Crippen LogP contribution in [0.5, 0.6) is 0 Å². The average molecular weight is 389 g/mol. The van der Waals surface area contributed by atoms with E-state index in [0.717, 1.165) is 30.2 Å². The van der Waals surface area contributed by atoms with Crippen LogP contribution in [0.2, 0.25) is 0 Å². The van der Waals surface area contributed by atoms with Crippen molar-refractivity contribution in [3.63, 3.8) is 0 Å². The van der Waals surface area contributed by atoms with E-state index >= 15 is 0 Å². The van der Waals surface area contributed by atoms with Crippen LogP contribution in [-0.2, 0) is 0 Å². The molecule has 8 nitrogen and oxygen atoms in total. The molecule has 8 heteroatoms. The van der Waals surface area contributed by atoms with Gasteiger partial charge in [0.25, 0.3) is 11.6 Å². The van der Waals surface area contributed by atoms with Crippen LogP contribution in [0.15, 0.2) is 51.6 Å². The maximum atomic E-state index is 13.3. The lowest BCUT2D eigenvalue weighted by molar-refractivity contribution is 0.0561. The molecule has 1 aliphatic heterocycles. The topological polar surface area (TPSA) is 98.2 Å². The predicted molar refractivity (Wildman–Crippen MR) is 104 cm³/mol. The Morgan fingerprint density at radius 3 is 2.86 bits per heavy atom. The number of hydrogen-bond donors (Lipinski definition) is 0. The number of likely N-dealkylation sites (tertiary alicyclic amines) is 1. The number of pyridine rings is 1. The second-order valence-corrected chi connectivity index (χ2v) is 7.18. The van der Waals surface area contributed by atoms with Gasteiger partial charge in [-0.2, -0.15) is 4.98 Å². The van der Waals surface area contributed by atoms with Crippen molar-refractivity contribution in [2.24, 2.45) is 0 Å². The normalized spacial score (nSPS) is 17.0. The van der Waals surface area contributed by atoms with E-state index in [1.807, 2.05) is 37.3 Å². The fourth-order valence-electron chi connectivity index (χ4n) is 3.73. The van der Waals surface area contributed by atoms with E-state index in [-0.39, 0.29) is 11.9 Å². The molecule has 1 aliphatic rings. The minimum atomic E-state index is -0.250. The SMILES string of the molecule is Cc1noc2ncc(C(=O)N3CCCCC3c3nc(-c4ccccc4)no3)cc12. The van der Waals surface area contributed by atoms with Crippen LogP contribution in [-0.4, -0.2) is 37.6 Å². The van der Waals surface area contributed by atoms with Gasteiger partial charge in [0.1, 0.15) is 6.04 Å². The third kappa shape index (κ3) is 3.16. The lowest BCUT2D eigenvalue weighted by atomic mass is 10.0. The number of fused-ring (bicyclic) bond motifs is 1. The fourth-order valence-corrected chi connectivity index (χ4v) is 3.73. The molecule has 1 saturated heterocycles. The molecule has 1 atom stereocenters. The highest BCUT2D eigenvalue weighted by atomic mass is 16.5. The quantitative estimate of drug-likeness (QED) is 0.523. The van der Waals surface area contributed by atoms with Crippen molar-refractivity contribution in [2.75, 3.05) is 6.54 Å². The molecule has 0 aliphatic carbocycles. The smallest absolute Gasteiger partial charge is 0.257 e. The molecule has 0 bridgehead atoms. The van der Waals surface area contributed by atoms with Gasteiger partial charge in [-0.15, -0.1) is 0 Å². The summed E-state index contributed by atoms with van der Waals surface area (Å²) >= 11 is 0. The highest BCUT2D eigenvalue weighted by Crippen LogP contribution is 2.32. The first kappa shape index (κ1) is 17.5. The van der Waals surface area contributed by atoms with Crippen LogP contribution in [0.3, 0.4) is 0 Å². The number of carbonyl (C=O) groups excluding carboxylic acids is 1. The number of amides is 1. The molecule has 3 aromatic heterocycles. The summed E-state index contributed by atoms with van der Waals surface area (Å²) in [6.45, 7) is 2.46. The van der Waals surface area contributed by atoms with Gasteiger partial charge in [-0.1, -0.05) is 40.6 Å². The largest absolute Gasteiger partial charge is 0.337 e. The maximum Gasteiger partial charge on any atom is 0.257 e. The second-order valence-electron chi connectivity index (χ2n) is 7.18. The molecular weight excluding hydrogens is 370 g/mol. The summed E-state index contributed by atoms with van der Waals surface area (Å²) in [6, 6.07) is 11.2. The number of aryl methyl sites for hydroxylation is 1. The maximum absolute atomic E-state index is 13.3. The standard InChI is InChI=1S/C21H19N5O3/c1-13-16-11-15(12-22-19(16)28-24-13)21(27)26-10-6-5-9-17(26)20-23-18(25-29-20)14-7-3-2-4-8-14/h2-4,7-8,11-12,17H,5-6,9-10H2,1H3. The molecule has 0 saturated carbocycles. The van der Waals surface area contributed by atoms with Crippen molar-refractivity contribution in [1.29, 1.82) is 0 Å². The van der Waals surface area contributed by atoms with E-state index in [9.17, 15) is 4.79 Å². The van der Waals surface area contributed by atoms with Crippen LogP contribution in [0.1, 0.15) is 47.2 Å². The molecule has 1 fully saturated rings. The number of carbonyl (C=O) groups is 1. The molecule has 146 valence electrons. The molecule has 1 unspecified atom stereocenters. The third-order valence-corrected chi connectivity index (χ3v) is 5.28. The average Bonchev–Trinajstić information content (AvgIpc) is 3.41. The predicted octanol–water partition coefficient (Wildman–Crippen LogP) is 3.95. The summed E-state index contributed by atoms with van der Waals surface area (Å²) in [4.78, 5) is 23.9. The Morgan fingerprint density at radius 1 is 1.14 bits per heavy atom. The summed E-state index contributed by atoms with van der Waals surface area (Å²) in [5, 5.41) is 8.77. The third-order valence-electron chi connectivity index (χ3n) is 5.28. The van der Waals surface area contributed by atoms with Crippen LogP contribution in [0.25, 0.3) is 22.5 Å². The van der Waals surface area contributed by atoms with E-state index in [2.05, 4.69) is 20.3 Å². The Morgan fingerprint density at radius 2 is 2.00 bits per heavy atom. The lowest BCUT2D eigenvalue weighted by Gasteiger charge is -2.33. The van der Waals surface area contributed by atoms with Gasteiger partial charge >= 0.3 is 0 Å². The summed E-state index contributed by atoms with van der Waals surface area (Å²) in [5.74, 6) is 0.887. The Kier molecular flexibility index (Phi) is 4.31. The molecular formula is C21H19N5O3. The number of rotatable bonds is 3. The van der Waals surface area contributed by atoms with Crippen molar-refractivity contribution < 1.29 is 13.8 Å². The molecule has 0 radical (unpaired) electrons. The summed E-state index contributed by atoms with van der Waals surface area (Å²) < 4.78 is 10.7. The molecule has 5 rings (SSSR count). The van der Waals surface area contributed by atoms with Gasteiger partial charge in [0, 0.05) is 18.3 Å². The number of aromatic nitrogens is 4. The molecule has 0 N–H and O–H groups in total. The van der Waals surface area contributed by atoms with Crippen LogP contribution >= 0.6 is 0 Å². The summed E-state index contributed by atoms with van der Waals surface area (Å²) in [5.41, 5.74) is 2.52. The zero-order chi connectivity index (χ0) is 19.8. The van der Waals surface area contributed by atoms with Crippen molar-refractivity contribution in [3.8, 4) is 11.4 Å². The van der Waals surface area contributed by atoms with Gasteiger partial charge in [0.05, 0.1) is 16.6 Å². The number of benzene rings is 1. The van der Waals surface area contributed by atoms with Gasteiger partial charge in [-0.25, -0.2) is 4.98 Å². The molecule has 1 aromatic carbocycles. The monoisotopic (exact) mass is 389 g/mol. The fraction of sp³-hybridized carbons (Fsp3) is 0.286. The van der Waals surface area contributed by atoms with E-state index in [0.29, 0.717) is 35.2 Å². The van der Waals surface area contributed by atoms with Crippen molar-refractivity contribution in [2.45, 2.75) is 32.2 Å². The minimum Gasteiger partial charge on any atom is -0.337 e. The Hall–Kier alpha value is -3.55. The van der Waals surface area contributed by atoms with Gasteiger partial charge < -0.3 is 13.9 Å². The zero-order valence-electron chi connectivity index (χ0n) is 15.9. The van der Waals surface area contributed by atoms with Gasteiger partial charge in [0.2, 0.25) is 11.7 Å². The number of hydrogen-bond acceptors (Lipinski definition) is 7. The van der Waals surface area contributed by atoms with E-state index < -0.39 is 0 Å². The highest BCUT2D eigenvalue weighted by molar-refractivity contribution is 5.97. The minimum absolute atomic E-state index is 0.107. The molecule has 1 amide bonds. The summed E-state index contributed by atoms with van der Waals surface area (Å²) in [6.07, 6.45) is 4.25. The first-order chi connectivity index (χ1) is 14.2. The van der Waals surface area contributed by atoms with Gasteiger partial charge in [-0.05, 0) is 32.3 Å². The van der Waals surface area contributed by atoms with Crippen molar-refractivity contribution in [1.82, 2.24) is 25.2 Å². The first-order valence-corrected chi connectivity index (χ1v) is 9.63. The lowest BCUT2D eigenvalue weighted by Crippen LogP contribution is -2.38. The number of piperidine rings is 1. The highest BCUT2D eigenvalue weighted by Gasteiger charge is 2.33. The summed E-state index contributed by atoms with van der Waals surface area (Å²) in [7, 11) is 0. The molecule has 0 spiro atoms. The van der Waals surface area contributed by atoms with Crippen molar-refractivity contribution in [3.05, 3.63) is 59.7 Å².